The quantitative estimate of drug-likeness (QED) is 0.751. The molecule has 0 aliphatic rings. The van der Waals surface area contributed by atoms with Crippen molar-refractivity contribution in [2.24, 2.45) is 0 Å². The second-order valence-electron chi connectivity index (χ2n) is 4.48. The largest absolute Gasteiger partial charge is 0.396 e. The highest BCUT2D eigenvalue weighted by Gasteiger charge is 2.13. The van der Waals surface area contributed by atoms with E-state index in [0.717, 1.165) is 5.69 Å². The summed E-state index contributed by atoms with van der Waals surface area (Å²) in [4.78, 5) is 0. The van der Waals surface area contributed by atoms with Crippen LogP contribution in [-0.4, -0.2) is 9.78 Å². The van der Waals surface area contributed by atoms with Crippen LogP contribution in [-0.2, 0) is 0 Å². The predicted molar refractivity (Wildman–Crippen MR) is 83.4 cm³/mol. The first-order valence-electron chi connectivity index (χ1n) is 6.11. The van der Waals surface area contributed by atoms with Crippen LogP contribution in [0.25, 0.3) is 16.9 Å². The van der Waals surface area contributed by atoms with Crippen LogP contribution in [0.3, 0.4) is 0 Å². The average Bonchev–Trinajstić information content (AvgIpc) is 2.81. The van der Waals surface area contributed by atoms with Gasteiger partial charge >= 0.3 is 0 Å². The van der Waals surface area contributed by atoms with E-state index in [1.807, 2.05) is 12.1 Å². The molecule has 3 aromatic rings. The summed E-state index contributed by atoms with van der Waals surface area (Å²) in [5, 5.41) is 5.27. The van der Waals surface area contributed by atoms with Crippen molar-refractivity contribution in [3.05, 3.63) is 64.5 Å². The Morgan fingerprint density at radius 2 is 1.90 bits per heavy atom. The SMILES string of the molecule is Nc1cn(-c2cccc(Cl)c2)nc1-c1ccc(F)cc1Cl. The van der Waals surface area contributed by atoms with Gasteiger partial charge < -0.3 is 5.73 Å². The molecule has 0 radical (unpaired) electrons. The maximum Gasteiger partial charge on any atom is 0.124 e. The normalized spacial score (nSPS) is 10.8. The summed E-state index contributed by atoms with van der Waals surface area (Å²) in [6.07, 6.45) is 1.67. The van der Waals surface area contributed by atoms with E-state index in [0.29, 0.717) is 22.0 Å². The summed E-state index contributed by atoms with van der Waals surface area (Å²) in [5.74, 6) is -0.406. The van der Waals surface area contributed by atoms with Crippen molar-refractivity contribution in [3.63, 3.8) is 0 Å². The van der Waals surface area contributed by atoms with E-state index in [9.17, 15) is 4.39 Å². The van der Waals surface area contributed by atoms with E-state index >= 15 is 0 Å². The zero-order chi connectivity index (χ0) is 15.0. The monoisotopic (exact) mass is 321 g/mol. The second kappa shape index (κ2) is 5.39. The number of rotatable bonds is 2. The Morgan fingerprint density at radius 3 is 2.62 bits per heavy atom. The van der Waals surface area contributed by atoms with Gasteiger partial charge in [0.2, 0.25) is 0 Å². The third-order valence-electron chi connectivity index (χ3n) is 3.00. The van der Waals surface area contributed by atoms with Crippen LogP contribution in [0.15, 0.2) is 48.7 Å². The smallest absolute Gasteiger partial charge is 0.124 e. The highest BCUT2D eigenvalue weighted by molar-refractivity contribution is 6.33. The van der Waals surface area contributed by atoms with Crippen LogP contribution in [0.2, 0.25) is 10.0 Å². The summed E-state index contributed by atoms with van der Waals surface area (Å²) >= 11 is 12.0. The maximum atomic E-state index is 13.1. The minimum absolute atomic E-state index is 0.262. The van der Waals surface area contributed by atoms with Gasteiger partial charge in [0.1, 0.15) is 11.5 Å². The zero-order valence-electron chi connectivity index (χ0n) is 10.7. The first-order valence-corrected chi connectivity index (χ1v) is 6.87. The molecule has 0 unspecified atom stereocenters. The van der Waals surface area contributed by atoms with Gasteiger partial charge in [0.25, 0.3) is 0 Å². The third kappa shape index (κ3) is 2.73. The molecule has 0 aliphatic carbocycles. The van der Waals surface area contributed by atoms with Gasteiger partial charge in [-0.05, 0) is 36.4 Å². The highest BCUT2D eigenvalue weighted by Crippen LogP contribution is 2.32. The summed E-state index contributed by atoms with van der Waals surface area (Å²) in [5.41, 5.74) is 8.29. The molecule has 6 heteroatoms. The Balaban J connectivity index is 2.10. The molecule has 0 amide bonds. The molecule has 2 N–H and O–H groups in total. The van der Waals surface area contributed by atoms with Crippen LogP contribution in [0.4, 0.5) is 10.1 Å². The van der Waals surface area contributed by atoms with Crippen molar-refractivity contribution in [2.45, 2.75) is 0 Å². The molecule has 0 spiro atoms. The maximum absolute atomic E-state index is 13.1. The van der Waals surface area contributed by atoms with Gasteiger partial charge in [0.15, 0.2) is 0 Å². The van der Waals surface area contributed by atoms with Gasteiger partial charge in [-0.3, -0.25) is 0 Å². The van der Waals surface area contributed by atoms with E-state index in [4.69, 9.17) is 28.9 Å². The highest BCUT2D eigenvalue weighted by atomic mass is 35.5. The van der Waals surface area contributed by atoms with Gasteiger partial charge in [-0.15, -0.1) is 0 Å². The number of anilines is 1. The van der Waals surface area contributed by atoms with Gasteiger partial charge in [0.05, 0.1) is 22.6 Å². The summed E-state index contributed by atoms with van der Waals surface area (Å²) in [6.45, 7) is 0. The van der Waals surface area contributed by atoms with E-state index < -0.39 is 5.82 Å². The molecule has 0 atom stereocenters. The Labute approximate surface area is 130 Å². The molecule has 21 heavy (non-hydrogen) atoms. The minimum Gasteiger partial charge on any atom is -0.396 e. The van der Waals surface area contributed by atoms with Crippen LogP contribution in [0.5, 0.6) is 0 Å². The molecule has 0 aliphatic heterocycles. The summed E-state index contributed by atoms with van der Waals surface area (Å²) in [6, 6.07) is 11.3. The minimum atomic E-state index is -0.406. The van der Waals surface area contributed by atoms with Gasteiger partial charge in [-0.25, -0.2) is 9.07 Å². The molecular weight excluding hydrogens is 312 g/mol. The molecule has 0 fully saturated rings. The van der Waals surface area contributed by atoms with Crippen molar-refractivity contribution in [1.29, 1.82) is 0 Å². The predicted octanol–water partition coefficient (Wildman–Crippen LogP) is 4.57. The molecule has 3 rings (SSSR count). The second-order valence-corrected chi connectivity index (χ2v) is 5.33. The van der Waals surface area contributed by atoms with Crippen molar-refractivity contribution in [1.82, 2.24) is 9.78 Å². The van der Waals surface area contributed by atoms with E-state index in [1.54, 1.807) is 29.1 Å². The Bertz CT molecular complexity index is 814. The summed E-state index contributed by atoms with van der Waals surface area (Å²) in [7, 11) is 0. The molecule has 1 aromatic heterocycles. The van der Waals surface area contributed by atoms with Crippen LogP contribution < -0.4 is 5.73 Å². The lowest BCUT2D eigenvalue weighted by atomic mass is 10.1. The molecule has 0 saturated heterocycles. The van der Waals surface area contributed by atoms with Crippen molar-refractivity contribution >= 4 is 28.9 Å². The number of hydrogen-bond acceptors (Lipinski definition) is 2. The molecule has 1 heterocycles. The number of nitrogens with zero attached hydrogens (tertiary/aromatic N) is 2. The van der Waals surface area contributed by atoms with Crippen LogP contribution in [0.1, 0.15) is 0 Å². The Morgan fingerprint density at radius 1 is 1.10 bits per heavy atom. The van der Waals surface area contributed by atoms with Gasteiger partial charge in [-0.1, -0.05) is 29.3 Å². The standard InChI is InChI=1S/C15H10Cl2FN3/c16-9-2-1-3-11(6-9)21-8-14(19)15(20-21)12-5-4-10(18)7-13(12)17/h1-8H,19H2. The number of nitrogen functional groups attached to an aromatic ring is 1. The lowest BCUT2D eigenvalue weighted by molar-refractivity contribution is 0.628. The Hall–Kier alpha value is -2.04. The molecule has 0 bridgehead atoms. The fourth-order valence-electron chi connectivity index (χ4n) is 2.03. The fraction of sp³-hybridized carbons (Fsp3) is 0. The van der Waals surface area contributed by atoms with E-state index in [-0.39, 0.29) is 5.02 Å². The summed E-state index contributed by atoms with van der Waals surface area (Å²) < 4.78 is 14.7. The molecule has 3 nitrogen and oxygen atoms in total. The number of halogens is 3. The number of nitrogens with two attached hydrogens (primary N) is 1. The van der Waals surface area contributed by atoms with Crippen LogP contribution in [0, 0.1) is 5.82 Å². The number of hydrogen-bond donors (Lipinski definition) is 1. The molecule has 0 saturated carbocycles. The molecule has 106 valence electrons. The number of aromatic nitrogens is 2. The van der Waals surface area contributed by atoms with E-state index in [2.05, 4.69) is 5.10 Å². The fourth-order valence-corrected chi connectivity index (χ4v) is 2.47. The topological polar surface area (TPSA) is 43.8 Å². The zero-order valence-corrected chi connectivity index (χ0v) is 12.2. The molecular formula is C15H10Cl2FN3. The average molecular weight is 322 g/mol. The lowest BCUT2D eigenvalue weighted by Crippen LogP contribution is -1.94. The van der Waals surface area contributed by atoms with Crippen LogP contribution >= 0.6 is 23.2 Å². The first kappa shape index (κ1) is 13.9. The molecule has 2 aromatic carbocycles. The van der Waals surface area contributed by atoms with E-state index in [1.165, 1.54) is 12.1 Å². The number of benzene rings is 2. The van der Waals surface area contributed by atoms with Gasteiger partial charge in [0, 0.05) is 10.6 Å². The van der Waals surface area contributed by atoms with Crippen molar-refractivity contribution in [3.8, 4) is 16.9 Å². The lowest BCUT2D eigenvalue weighted by Gasteiger charge is -2.03. The third-order valence-corrected chi connectivity index (χ3v) is 3.55. The van der Waals surface area contributed by atoms with Crippen molar-refractivity contribution in [2.75, 3.05) is 5.73 Å². The first-order chi connectivity index (χ1) is 10.0. The van der Waals surface area contributed by atoms with Gasteiger partial charge in [-0.2, -0.15) is 5.10 Å². The van der Waals surface area contributed by atoms with Crippen molar-refractivity contribution < 1.29 is 4.39 Å². The Kier molecular flexibility index (Phi) is 3.57.